The Kier molecular flexibility index (Phi) is 5.39. The molecule has 0 spiro atoms. The van der Waals surface area contributed by atoms with Gasteiger partial charge < -0.3 is 4.74 Å². The summed E-state index contributed by atoms with van der Waals surface area (Å²) in [6, 6.07) is 9.50. The lowest BCUT2D eigenvalue weighted by Gasteiger charge is -2.01. The molecule has 2 aromatic heterocycles. The second-order valence-electron chi connectivity index (χ2n) is 4.84. The van der Waals surface area contributed by atoms with Crippen LogP contribution < -0.4 is 10.1 Å². The molecule has 3 aromatic rings. The molecule has 8 heteroatoms. The summed E-state index contributed by atoms with van der Waals surface area (Å²) in [6.07, 6.45) is 0. The Morgan fingerprint density at radius 3 is 2.50 bits per heavy atom. The fourth-order valence-corrected chi connectivity index (χ4v) is 4.85. The Bertz CT molecular complexity index is 869. The molecule has 0 fully saturated rings. The Balaban J connectivity index is 1.81. The summed E-state index contributed by atoms with van der Waals surface area (Å²) in [6.45, 7) is 1.99. The van der Waals surface area contributed by atoms with Crippen LogP contribution in [0.5, 0.6) is 5.75 Å². The van der Waals surface area contributed by atoms with Crippen molar-refractivity contribution in [1.82, 2.24) is 4.98 Å². The van der Waals surface area contributed by atoms with Gasteiger partial charge in [-0.1, -0.05) is 0 Å². The maximum Gasteiger partial charge on any atom is 0.267 e. The minimum Gasteiger partial charge on any atom is -0.497 e. The summed E-state index contributed by atoms with van der Waals surface area (Å²) in [5.74, 6) is 0.635. The van der Waals surface area contributed by atoms with E-state index in [2.05, 4.69) is 42.2 Å². The van der Waals surface area contributed by atoms with Crippen molar-refractivity contribution in [2.75, 3.05) is 12.4 Å². The van der Waals surface area contributed by atoms with Crippen LogP contribution in [0.2, 0.25) is 0 Å². The van der Waals surface area contributed by atoms with Gasteiger partial charge in [0.2, 0.25) is 0 Å². The molecule has 24 heavy (non-hydrogen) atoms. The lowest BCUT2D eigenvalue weighted by atomic mass is 10.1. The first-order valence-electron chi connectivity index (χ1n) is 6.86. The Labute approximate surface area is 164 Å². The molecular weight excluding hydrogens is 476 g/mol. The highest BCUT2D eigenvalue weighted by Gasteiger charge is 2.16. The van der Waals surface area contributed by atoms with Crippen molar-refractivity contribution in [2.24, 2.45) is 0 Å². The first-order valence-corrected chi connectivity index (χ1v) is 10.1. The molecule has 1 amide bonds. The number of benzene rings is 1. The number of halogens is 2. The number of ether oxygens (including phenoxy) is 1. The number of aryl methyl sites for hydroxylation is 1. The summed E-state index contributed by atoms with van der Waals surface area (Å²) in [4.78, 5) is 18.5. The van der Waals surface area contributed by atoms with Gasteiger partial charge in [-0.2, -0.15) is 0 Å². The first kappa shape index (κ1) is 17.6. The van der Waals surface area contributed by atoms with Gasteiger partial charge in [-0.25, -0.2) is 4.98 Å². The standard InChI is InChI=1S/C16H12Br2N2O2S2/c1-8-13(9-3-5-10(22-2)6-4-9)19-16(23-8)20-15(21)12-7-11(17)14(18)24-12/h3-7H,1-2H3,(H,19,20,21). The lowest BCUT2D eigenvalue weighted by Crippen LogP contribution is -2.09. The highest BCUT2D eigenvalue weighted by atomic mass is 79.9. The summed E-state index contributed by atoms with van der Waals surface area (Å²) in [5, 5.41) is 3.45. The fraction of sp³-hybridized carbons (Fsp3) is 0.125. The molecule has 0 saturated carbocycles. The number of amides is 1. The number of aromatic nitrogens is 1. The lowest BCUT2D eigenvalue weighted by molar-refractivity contribution is 0.103. The van der Waals surface area contributed by atoms with Gasteiger partial charge in [-0.05, 0) is 69.1 Å². The highest BCUT2D eigenvalue weighted by molar-refractivity contribution is 9.13. The average Bonchev–Trinajstić information content (AvgIpc) is 3.10. The third-order valence-corrected chi connectivity index (χ3v) is 7.39. The van der Waals surface area contributed by atoms with Crippen LogP contribution in [0.3, 0.4) is 0 Å². The van der Waals surface area contributed by atoms with E-state index in [9.17, 15) is 4.79 Å². The molecule has 0 aliphatic rings. The second kappa shape index (κ2) is 7.35. The Morgan fingerprint density at radius 2 is 1.92 bits per heavy atom. The molecule has 3 rings (SSSR count). The van der Waals surface area contributed by atoms with E-state index >= 15 is 0 Å². The van der Waals surface area contributed by atoms with Crippen LogP contribution in [0.15, 0.2) is 38.6 Å². The summed E-state index contributed by atoms with van der Waals surface area (Å²) >= 11 is 9.62. The molecule has 4 nitrogen and oxygen atoms in total. The van der Waals surface area contributed by atoms with Crippen molar-refractivity contribution in [1.29, 1.82) is 0 Å². The number of nitrogens with one attached hydrogen (secondary N) is 1. The quantitative estimate of drug-likeness (QED) is 0.493. The van der Waals surface area contributed by atoms with E-state index < -0.39 is 0 Å². The molecule has 124 valence electrons. The molecule has 1 N–H and O–H groups in total. The van der Waals surface area contributed by atoms with Crippen LogP contribution in [0, 0.1) is 6.92 Å². The number of hydrogen-bond acceptors (Lipinski definition) is 5. The number of rotatable bonds is 4. The number of thiophene rings is 1. The van der Waals surface area contributed by atoms with Gasteiger partial charge in [0.05, 0.1) is 21.5 Å². The van der Waals surface area contributed by atoms with Crippen molar-refractivity contribution >= 4 is 65.6 Å². The third-order valence-electron chi connectivity index (χ3n) is 3.25. The van der Waals surface area contributed by atoms with Gasteiger partial charge in [0, 0.05) is 14.9 Å². The zero-order valence-electron chi connectivity index (χ0n) is 12.7. The number of anilines is 1. The Hall–Kier alpha value is -1.22. The number of nitrogens with zero attached hydrogens (tertiary/aromatic N) is 1. The van der Waals surface area contributed by atoms with Gasteiger partial charge >= 0.3 is 0 Å². The molecule has 1 aromatic carbocycles. The minimum atomic E-state index is -0.165. The van der Waals surface area contributed by atoms with Crippen LogP contribution in [0.25, 0.3) is 11.3 Å². The van der Waals surface area contributed by atoms with E-state index in [1.165, 1.54) is 22.7 Å². The summed E-state index contributed by atoms with van der Waals surface area (Å²) in [5.41, 5.74) is 1.86. The van der Waals surface area contributed by atoms with E-state index in [1.807, 2.05) is 31.2 Å². The largest absolute Gasteiger partial charge is 0.497 e. The molecule has 2 heterocycles. The van der Waals surface area contributed by atoms with Gasteiger partial charge in [0.25, 0.3) is 5.91 Å². The van der Waals surface area contributed by atoms with E-state index in [1.54, 1.807) is 13.2 Å². The zero-order valence-corrected chi connectivity index (χ0v) is 17.5. The fourth-order valence-electron chi connectivity index (χ4n) is 2.08. The minimum absolute atomic E-state index is 0.165. The number of hydrogen-bond donors (Lipinski definition) is 1. The van der Waals surface area contributed by atoms with Crippen LogP contribution in [-0.2, 0) is 0 Å². The van der Waals surface area contributed by atoms with Crippen molar-refractivity contribution in [3.8, 4) is 17.0 Å². The van der Waals surface area contributed by atoms with Crippen LogP contribution in [-0.4, -0.2) is 18.0 Å². The smallest absolute Gasteiger partial charge is 0.267 e. The molecular formula is C16H12Br2N2O2S2. The third kappa shape index (κ3) is 3.72. The van der Waals surface area contributed by atoms with Crippen LogP contribution >= 0.6 is 54.5 Å². The zero-order chi connectivity index (χ0) is 17.3. The summed E-state index contributed by atoms with van der Waals surface area (Å²) < 4.78 is 6.93. The number of thiazole rings is 1. The van der Waals surface area contributed by atoms with Crippen molar-refractivity contribution in [2.45, 2.75) is 6.92 Å². The highest BCUT2D eigenvalue weighted by Crippen LogP contribution is 2.34. The van der Waals surface area contributed by atoms with E-state index in [4.69, 9.17) is 4.74 Å². The van der Waals surface area contributed by atoms with Gasteiger partial charge in [-0.3, -0.25) is 10.1 Å². The van der Waals surface area contributed by atoms with Crippen LogP contribution in [0.1, 0.15) is 14.5 Å². The van der Waals surface area contributed by atoms with Crippen LogP contribution in [0.4, 0.5) is 5.13 Å². The normalized spacial score (nSPS) is 10.7. The predicted octanol–water partition coefficient (Wildman–Crippen LogP) is 5.97. The summed E-state index contributed by atoms with van der Waals surface area (Å²) in [7, 11) is 1.64. The topological polar surface area (TPSA) is 51.2 Å². The molecule has 0 unspecified atom stereocenters. The van der Waals surface area contributed by atoms with Crippen molar-refractivity contribution < 1.29 is 9.53 Å². The monoisotopic (exact) mass is 486 g/mol. The number of carbonyl (C=O) groups is 1. The molecule has 0 atom stereocenters. The van der Waals surface area contributed by atoms with Gasteiger partial charge in [0.15, 0.2) is 5.13 Å². The van der Waals surface area contributed by atoms with Crippen molar-refractivity contribution in [3.63, 3.8) is 0 Å². The van der Waals surface area contributed by atoms with Gasteiger partial charge in [0.1, 0.15) is 5.75 Å². The molecule has 0 bridgehead atoms. The van der Waals surface area contributed by atoms with Crippen molar-refractivity contribution in [3.05, 3.63) is 48.3 Å². The second-order valence-corrected chi connectivity index (χ2v) is 9.27. The van der Waals surface area contributed by atoms with E-state index in [0.717, 1.165) is 30.1 Å². The maximum absolute atomic E-state index is 12.3. The molecule has 0 radical (unpaired) electrons. The van der Waals surface area contributed by atoms with Gasteiger partial charge in [-0.15, -0.1) is 22.7 Å². The Morgan fingerprint density at radius 1 is 1.21 bits per heavy atom. The average molecular weight is 488 g/mol. The predicted molar refractivity (Wildman–Crippen MR) is 107 cm³/mol. The molecule has 0 aliphatic heterocycles. The van der Waals surface area contributed by atoms with E-state index in [-0.39, 0.29) is 5.91 Å². The van der Waals surface area contributed by atoms with E-state index in [0.29, 0.717) is 10.0 Å². The molecule has 0 aliphatic carbocycles. The first-order chi connectivity index (χ1) is 11.5. The molecule has 0 saturated heterocycles. The maximum atomic E-state index is 12.3. The number of methoxy groups -OCH3 is 1. The SMILES string of the molecule is COc1ccc(-c2nc(NC(=O)c3cc(Br)c(Br)s3)sc2C)cc1. The number of carbonyl (C=O) groups excluding carboxylic acids is 1.